The molecule has 0 spiro atoms. The average molecular weight is 513 g/mol. The molecule has 0 aliphatic rings. The Morgan fingerprint density at radius 1 is 1.26 bits per heavy atom. The maximum absolute atomic E-state index is 14.0. The van der Waals surface area contributed by atoms with Gasteiger partial charge in [0.1, 0.15) is 23.9 Å². The zero-order valence-electron chi connectivity index (χ0n) is 16.7. The van der Waals surface area contributed by atoms with Gasteiger partial charge in [0.2, 0.25) is 0 Å². The number of primary amides is 1. The fourth-order valence-electron chi connectivity index (χ4n) is 3.10. The number of carbonyl (C=O) groups is 1. The molecule has 2 aromatic carbocycles. The number of aromatic nitrogens is 2. The monoisotopic (exact) mass is 511 g/mol. The van der Waals surface area contributed by atoms with Crippen molar-refractivity contribution in [1.29, 1.82) is 0 Å². The Labute approximate surface area is 194 Å². The van der Waals surface area contributed by atoms with Crippen LogP contribution in [0.15, 0.2) is 59.5 Å². The number of aryl methyl sites for hydroxylation is 1. The van der Waals surface area contributed by atoms with Crippen LogP contribution in [0.4, 0.5) is 4.39 Å². The molecule has 1 aromatic heterocycles. The average Bonchev–Trinajstić information content (AvgIpc) is 3.17. The van der Waals surface area contributed by atoms with Crippen LogP contribution in [0.25, 0.3) is 0 Å². The third-order valence-corrected chi connectivity index (χ3v) is 5.15. The number of nitrogens with two attached hydrogens (primary N) is 1. The van der Waals surface area contributed by atoms with E-state index in [1.165, 1.54) is 18.6 Å². The first-order chi connectivity index (χ1) is 14.4. The van der Waals surface area contributed by atoms with Crippen molar-refractivity contribution in [2.45, 2.75) is 38.5 Å². The van der Waals surface area contributed by atoms with Crippen LogP contribution in [0.5, 0.6) is 5.75 Å². The number of ether oxygens (including phenoxy) is 1. The second-order valence-electron chi connectivity index (χ2n) is 7.00. The maximum atomic E-state index is 14.0. The number of carbonyl (C=O) groups excluding carboxylic acids is 1. The number of hydrogen-bond acceptors (Lipinski definition) is 4. The van der Waals surface area contributed by atoms with Gasteiger partial charge in [-0.25, -0.2) is 9.37 Å². The Hall–Kier alpha value is -2.42. The van der Waals surface area contributed by atoms with Crippen LogP contribution in [0.3, 0.4) is 0 Å². The second kappa shape index (κ2) is 11.8. The fourth-order valence-corrected chi connectivity index (χ4v) is 3.43. The quantitative estimate of drug-likeness (QED) is 0.424. The lowest BCUT2D eigenvalue weighted by molar-refractivity contribution is 0.0995. The van der Waals surface area contributed by atoms with Gasteiger partial charge in [0.05, 0.1) is 12.4 Å². The van der Waals surface area contributed by atoms with Gasteiger partial charge in [-0.1, -0.05) is 40.2 Å². The topological polar surface area (TPSA) is 90.4 Å². The second-order valence-corrected chi connectivity index (χ2v) is 7.91. The lowest BCUT2D eigenvalue weighted by atomic mass is 10.0. The molecule has 9 heteroatoms. The summed E-state index contributed by atoms with van der Waals surface area (Å²) in [5.41, 5.74) is 6.84. The van der Waals surface area contributed by atoms with Crippen LogP contribution in [0.1, 0.15) is 34.5 Å². The summed E-state index contributed by atoms with van der Waals surface area (Å²) in [4.78, 5) is 15.0. The predicted octanol–water partition coefficient (Wildman–Crippen LogP) is 4.27. The van der Waals surface area contributed by atoms with Crippen LogP contribution < -0.4 is 10.5 Å². The van der Waals surface area contributed by atoms with Crippen molar-refractivity contribution >= 4 is 34.2 Å². The molecule has 31 heavy (non-hydrogen) atoms. The Balaban J connectivity index is 0.00000341. The van der Waals surface area contributed by atoms with E-state index in [-0.39, 0.29) is 30.5 Å². The normalized spacial score (nSPS) is 11.6. The summed E-state index contributed by atoms with van der Waals surface area (Å²) in [6.07, 6.45) is 4.45. The van der Waals surface area contributed by atoms with Crippen LogP contribution in [0.2, 0.25) is 0 Å². The first-order valence-corrected chi connectivity index (χ1v) is 10.4. The molecule has 0 radical (unpaired) electrons. The summed E-state index contributed by atoms with van der Waals surface area (Å²) in [6.45, 7) is 0.475. The molecule has 0 fully saturated rings. The Kier molecular flexibility index (Phi) is 9.48. The molecule has 3 rings (SSSR count). The summed E-state index contributed by atoms with van der Waals surface area (Å²) < 4.78 is 22.2. The number of nitrogens with zero attached hydrogens (tertiary/aromatic N) is 2. The number of hydrogen-bond donors (Lipinski definition) is 2. The number of aliphatic hydroxyl groups is 1. The van der Waals surface area contributed by atoms with Gasteiger partial charge in [-0.05, 0) is 43.0 Å². The third kappa shape index (κ3) is 7.34. The molecule has 0 bridgehead atoms. The minimum Gasteiger partial charge on any atom is -0.489 e. The van der Waals surface area contributed by atoms with Crippen LogP contribution >= 0.6 is 28.3 Å². The highest BCUT2D eigenvalue weighted by molar-refractivity contribution is 9.10. The van der Waals surface area contributed by atoms with Gasteiger partial charge < -0.3 is 20.1 Å². The Bertz CT molecular complexity index is 1020. The van der Waals surface area contributed by atoms with Crippen LogP contribution in [-0.2, 0) is 19.6 Å². The molecule has 1 amide bonds. The van der Waals surface area contributed by atoms with E-state index < -0.39 is 12.0 Å². The molecule has 1 unspecified atom stereocenters. The van der Waals surface area contributed by atoms with Crippen molar-refractivity contribution < 1.29 is 19.0 Å². The van der Waals surface area contributed by atoms with Crippen molar-refractivity contribution in [2.75, 3.05) is 0 Å². The van der Waals surface area contributed by atoms with Crippen molar-refractivity contribution in [3.8, 4) is 5.75 Å². The lowest BCUT2D eigenvalue weighted by Gasteiger charge is -2.14. The van der Waals surface area contributed by atoms with Crippen LogP contribution in [-0.4, -0.2) is 26.7 Å². The van der Waals surface area contributed by atoms with E-state index in [1.807, 2.05) is 24.3 Å². The zero-order valence-corrected chi connectivity index (χ0v) is 19.1. The van der Waals surface area contributed by atoms with Gasteiger partial charge in [-0.2, -0.15) is 0 Å². The number of imidazole rings is 1. The van der Waals surface area contributed by atoms with E-state index in [2.05, 4.69) is 20.9 Å². The first kappa shape index (κ1) is 24.8. The Morgan fingerprint density at radius 2 is 2.03 bits per heavy atom. The molecular formula is C22H24BrClFN3O3. The van der Waals surface area contributed by atoms with E-state index in [0.717, 1.165) is 12.0 Å². The minimum absolute atomic E-state index is 0. The molecular weight excluding hydrogens is 489 g/mol. The van der Waals surface area contributed by atoms with Gasteiger partial charge in [0.15, 0.2) is 0 Å². The number of rotatable bonds is 10. The van der Waals surface area contributed by atoms with E-state index >= 15 is 0 Å². The predicted molar refractivity (Wildman–Crippen MR) is 122 cm³/mol. The summed E-state index contributed by atoms with van der Waals surface area (Å²) >= 11 is 3.25. The standard InChI is InChI=1S/C22H23BrFN3O3.ClH/c23-17-9-8-16(19(24)10-17)13-30-21-7-2-1-4-15(21)5-3-6-18(28)11-27-12-20(22(25)29)26-14-27;/h1-2,4,7-10,12,14,18,28H,3,5-6,11,13H2,(H2,25,29);1H. The summed E-state index contributed by atoms with van der Waals surface area (Å²) in [6, 6.07) is 12.5. The number of aliphatic hydroxyl groups excluding tert-OH is 1. The van der Waals surface area contributed by atoms with E-state index in [9.17, 15) is 14.3 Å². The maximum Gasteiger partial charge on any atom is 0.268 e. The molecule has 3 aromatic rings. The highest BCUT2D eigenvalue weighted by atomic mass is 79.9. The number of amides is 1. The molecule has 3 N–H and O–H groups in total. The molecule has 0 aliphatic carbocycles. The number of para-hydroxylation sites is 1. The molecule has 1 atom stereocenters. The highest BCUT2D eigenvalue weighted by Gasteiger charge is 2.11. The van der Waals surface area contributed by atoms with Gasteiger partial charge in [-0.15, -0.1) is 12.4 Å². The smallest absolute Gasteiger partial charge is 0.268 e. The SMILES string of the molecule is Cl.NC(=O)c1cn(CC(O)CCCc2ccccc2OCc2ccc(Br)cc2F)cn1. The molecule has 166 valence electrons. The molecule has 0 saturated heterocycles. The molecule has 0 saturated carbocycles. The first-order valence-electron chi connectivity index (χ1n) is 9.56. The van der Waals surface area contributed by atoms with Gasteiger partial charge in [0.25, 0.3) is 5.91 Å². The number of halogens is 3. The molecule has 0 aliphatic heterocycles. The van der Waals surface area contributed by atoms with Crippen molar-refractivity contribution in [1.82, 2.24) is 9.55 Å². The minimum atomic E-state index is -0.595. The molecule has 6 nitrogen and oxygen atoms in total. The summed E-state index contributed by atoms with van der Waals surface area (Å²) in [7, 11) is 0. The van der Waals surface area contributed by atoms with Gasteiger partial charge >= 0.3 is 0 Å². The largest absolute Gasteiger partial charge is 0.489 e. The van der Waals surface area contributed by atoms with E-state index in [1.54, 1.807) is 16.7 Å². The van der Waals surface area contributed by atoms with Gasteiger partial charge in [-0.3, -0.25) is 4.79 Å². The van der Waals surface area contributed by atoms with Crippen LogP contribution in [0, 0.1) is 5.82 Å². The van der Waals surface area contributed by atoms with E-state index in [4.69, 9.17) is 10.5 Å². The van der Waals surface area contributed by atoms with Crippen molar-refractivity contribution in [2.24, 2.45) is 5.73 Å². The zero-order chi connectivity index (χ0) is 21.5. The van der Waals surface area contributed by atoms with E-state index in [0.29, 0.717) is 35.2 Å². The molecule has 1 heterocycles. The highest BCUT2D eigenvalue weighted by Crippen LogP contribution is 2.23. The Morgan fingerprint density at radius 3 is 2.74 bits per heavy atom. The van der Waals surface area contributed by atoms with Crippen molar-refractivity contribution in [3.63, 3.8) is 0 Å². The summed E-state index contributed by atoms with van der Waals surface area (Å²) in [5, 5.41) is 10.3. The van der Waals surface area contributed by atoms with Gasteiger partial charge in [0, 0.05) is 22.8 Å². The summed E-state index contributed by atoms with van der Waals surface area (Å²) in [5.74, 6) is -0.207. The van der Waals surface area contributed by atoms with Crippen molar-refractivity contribution in [3.05, 3.63) is 82.1 Å². The fraction of sp³-hybridized carbons (Fsp3) is 0.273. The third-order valence-electron chi connectivity index (χ3n) is 4.66. The lowest BCUT2D eigenvalue weighted by Crippen LogP contribution is -2.15. The number of benzene rings is 2.